The number of hydrogen-bond acceptors (Lipinski definition) is 4. The van der Waals surface area contributed by atoms with Crippen molar-refractivity contribution in [3.8, 4) is 5.75 Å². The zero-order chi connectivity index (χ0) is 18.7. The van der Waals surface area contributed by atoms with Crippen molar-refractivity contribution in [2.75, 3.05) is 6.61 Å². The van der Waals surface area contributed by atoms with Gasteiger partial charge in [-0.2, -0.15) is 0 Å². The first-order valence-electron chi connectivity index (χ1n) is 8.46. The number of aromatic amines is 1. The molecule has 1 aromatic carbocycles. The third-order valence-corrected chi connectivity index (χ3v) is 4.26. The number of hydrogen-bond donors (Lipinski definition) is 3. The van der Waals surface area contributed by atoms with Crippen molar-refractivity contribution in [1.29, 1.82) is 0 Å². The van der Waals surface area contributed by atoms with Gasteiger partial charge in [-0.25, -0.2) is 4.79 Å². The van der Waals surface area contributed by atoms with E-state index in [1.807, 2.05) is 38.1 Å². The molecule has 0 saturated heterocycles. The highest BCUT2D eigenvalue weighted by Gasteiger charge is 2.12. The summed E-state index contributed by atoms with van der Waals surface area (Å²) in [4.78, 5) is 29.7. The number of benzene rings is 1. The van der Waals surface area contributed by atoms with Crippen molar-refractivity contribution in [1.82, 2.24) is 15.3 Å². The van der Waals surface area contributed by atoms with E-state index in [0.717, 1.165) is 10.8 Å². The van der Waals surface area contributed by atoms with Crippen LogP contribution in [0.4, 0.5) is 4.79 Å². The van der Waals surface area contributed by atoms with E-state index in [1.54, 1.807) is 12.4 Å². The minimum absolute atomic E-state index is 0.140. The van der Waals surface area contributed by atoms with Crippen LogP contribution in [0.15, 0.2) is 41.5 Å². The lowest BCUT2D eigenvalue weighted by atomic mass is 10.0. The molecule has 2 atom stereocenters. The summed E-state index contributed by atoms with van der Waals surface area (Å²) in [5.74, 6) is 0.835. The minimum Gasteiger partial charge on any atom is -0.493 e. The predicted octanol–water partition coefficient (Wildman–Crippen LogP) is 3.14. The number of rotatable bonds is 6. The molecule has 2 aromatic heterocycles. The standard InChI is InChI=1S/C19H21N3O4/c1-11(7-12(2)21-19(24)25)10-26-13-3-4-15-14-5-6-20-9-16(14)18(23)22-17(15)8-13/h3-6,8-9,11-12,21H,7,10H2,1-2H3,(H,22,23)(H,24,25). The highest BCUT2D eigenvalue weighted by molar-refractivity contribution is 6.05. The summed E-state index contributed by atoms with van der Waals surface area (Å²) in [7, 11) is 0. The maximum atomic E-state index is 12.2. The van der Waals surface area contributed by atoms with E-state index >= 15 is 0 Å². The number of pyridine rings is 2. The van der Waals surface area contributed by atoms with Gasteiger partial charge in [0.2, 0.25) is 0 Å². The molecular weight excluding hydrogens is 334 g/mol. The lowest BCUT2D eigenvalue weighted by Gasteiger charge is -2.18. The molecule has 2 unspecified atom stereocenters. The monoisotopic (exact) mass is 355 g/mol. The van der Waals surface area contributed by atoms with Gasteiger partial charge in [-0.3, -0.25) is 9.78 Å². The SMILES string of the molecule is CC(COc1ccc2c(c1)[nH]c(=O)c1cnccc12)CC(C)NC(=O)O. The van der Waals surface area contributed by atoms with E-state index in [0.29, 0.717) is 29.7 Å². The predicted molar refractivity (Wildman–Crippen MR) is 99.8 cm³/mol. The lowest BCUT2D eigenvalue weighted by Crippen LogP contribution is -2.33. The molecule has 3 N–H and O–H groups in total. The molecule has 7 nitrogen and oxygen atoms in total. The normalized spacial score (nSPS) is 13.5. The highest BCUT2D eigenvalue weighted by Crippen LogP contribution is 2.24. The minimum atomic E-state index is -1.02. The van der Waals surface area contributed by atoms with Gasteiger partial charge in [-0.05, 0) is 42.8 Å². The van der Waals surface area contributed by atoms with E-state index in [-0.39, 0.29) is 17.5 Å². The number of carboxylic acid groups (broad SMARTS) is 1. The van der Waals surface area contributed by atoms with Gasteiger partial charge >= 0.3 is 6.09 Å². The van der Waals surface area contributed by atoms with Crippen LogP contribution in [0.3, 0.4) is 0 Å². The molecule has 3 aromatic rings. The Morgan fingerprint density at radius 1 is 1.27 bits per heavy atom. The highest BCUT2D eigenvalue weighted by atomic mass is 16.5. The van der Waals surface area contributed by atoms with Crippen molar-refractivity contribution in [2.24, 2.45) is 5.92 Å². The third-order valence-electron chi connectivity index (χ3n) is 4.26. The summed E-state index contributed by atoms with van der Waals surface area (Å²) < 4.78 is 5.82. The molecular formula is C19H21N3O4. The fourth-order valence-corrected chi connectivity index (χ4v) is 3.13. The van der Waals surface area contributed by atoms with E-state index < -0.39 is 6.09 Å². The Kier molecular flexibility index (Phi) is 5.06. The van der Waals surface area contributed by atoms with E-state index in [2.05, 4.69) is 15.3 Å². The molecule has 0 aliphatic heterocycles. The van der Waals surface area contributed by atoms with Gasteiger partial charge in [-0.15, -0.1) is 0 Å². The number of amides is 1. The summed E-state index contributed by atoms with van der Waals surface area (Å²) in [5, 5.41) is 13.5. The Balaban J connectivity index is 1.74. The largest absolute Gasteiger partial charge is 0.493 e. The van der Waals surface area contributed by atoms with Gasteiger partial charge in [-0.1, -0.05) is 6.92 Å². The Morgan fingerprint density at radius 2 is 2.08 bits per heavy atom. The number of ether oxygens (including phenoxy) is 1. The maximum Gasteiger partial charge on any atom is 0.404 e. The number of H-pyrrole nitrogens is 1. The zero-order valence-electron chi connectivity index (χ0n) is 14.7. The molecule has 26 heavy (non-hydrogen) atoms. The van der Waals surface area contributed by atoms with Gasteiger partial charge in [0.1, 0.15) is 5.75 Å². The molecule has 0 fully saturated rings. The maximum absolute atomic E-state index is 12.2. The van der Waals surface area contributed by atoms with Crippen LogP contribution in [0.2, 0.25) is 0 Å². The first-order valence-corrected chi connectivity index (χ1v) is 8.46. The Hall–Kier alpha value is -3.09. The zero-order valence-corrected chi connectivity index (χ0v) is 14.7. The average Bonchev–Trinajstić information content (AvgIpc) is 2.59. The fourth-order valence-electron chi connectivity index (χ4n) is 3.13. The van der Waals surface area contributed by atoms with Gasteiger partial charge < -0.3 is 20.1 Å². The van der Waals surface area contributed by atoms with E-state index in [4.69, 9.17) is 9.84 Å². The second-order valence-corrected chi connectivity index (χ2v) is 6.59. The smallest absolute Gasteiger partial charge is 0.404 e. The number of carbonyl (C=O) groups is 1. The molecule has 0 spiro atoms. The fraction of sp³-hybridized carbons (Fsp3) is 0.316. The summed E-state index contributed by atoms with van der Waals surface area (Å²) >= 11 is 0. The molecule has 136 valence electrons. The number of nitrogens with zero attached hydrogens (tertiary/aromatic N) is 1. The second kappa shape index (κ2) is 7.43. The van der Waals surface area contributed by atoms with Gasteiger partial charge in [0.25, 0.3) is 5.56 Å². The summed E-state index contributed by atoms with van der Waals surface area (Å²) in [6.07, 6.45) is 2.88. The topological polar surface area (TPSA) is 104 Å². The van der Waals surface area contributed by atoms with Gasteiger partial charge in [0.05, 0.1) is 17.5 Å². The van der Waals surface area contributed by atoms with Gasteiger partial charge in [0.15, 0.2) is 0 Å². The van der Waals surface area contributed by atoms with Gasteiger partial charge in [0, 0.05) is 29.9 Å². The number of nitrogens with one attached hydrogen (secondary N) is 2. The number of aromatic nitrogens is 2. The van der Waals surface area contributed by atoms with Crippen LogP contribution in [0.5, 0.6) is 5.75 Å². The Morgan fingerprint density at radius 3 is 2.85 bits per heavy atom. The van der Waals surface area contributed by atoms with Crippen LogP contribution < -0.4 is 15.6 Å². The van der Waals surface area contributed by atoms with Crippen LogP contribution in [0.25, 0.3) is 21.7 Å². The first-order chi connectivity index (χ1) is 12.4. The summed E-state index contributed by atoms with van der Waals surface area (Å²) in [6.45, 7) is 4.29. The van der Waals surface area contributed by atoms with Crippen LogP contribution in [-0.2, 0) is 0 Å². The van der Waals surface area contributed by atoms with Crippen LogP contribution in [0, 0.1) is 5.92 Å². The van der Waals surface area contributed by atoms with Crippen LogP contribution >= 0.6 is 0 Å². The molecule has 0 radical (unpaired) electrons. The van der Waals surface area contributed by atoms with Crippen LogP contribution in [0.1, 0.15) is 20.3 Å². The lowest BCUT2D eigenvalue weighted by molar-refractivity contribution is 0.185. The van der Waals surface area contributed by atoms with Crippen molar-refractivity contribution >= 4 is 27.8 Å². The van der Waals surface area contributed by atoms with E-state index in [1.165, 1.54) is 0 Å². The van der Waals surface area contributed by atoms with Crippen molar-refractivity contribution in [3.05, 3.63) is 47.0 Å². The van der Waals surface area contributed by atoms with Crippen molar-refractivity contribution < 1.29 is 14.6 Å². The second-order valence-electron chi connectivity index (χ2n) is 6.59. The Labute approximate surface area is 150 Å². The molecule has 3 rings (SSSR count). The molecule has 0 saturated carbocycles. The molecule has 7 heteroatoms. The molecule has 1 amide bonds. The average molecular weight is 355 g/mol. The molecule has 0 aliphatic carbocycles. The molecule has 0 aliphatic rings. The van der Waals surface area contributed by atoms with Crippen LogP contribution in [-0.4, -0.2) is 33.8 Å². The third kappa shape index (κ3) is 3.93. The number of fused-ring (bicyclic) bond motifs is 3. The summed E-state index contributed by atoms with van der Waals surface area (Å²) in [5.41, 5.74) is 0.527. The Bertz CT molecular complexity index is 999. The van der Waals surface area contributed by atoms with E-state index in [9.17, 15) is 9.59 Å². The summed E-state index contributed by atoms with van der Waals surface area (Å²) in [6, 6.07) is 7.28. The van der Waals surface area contributed by atoms with Crippen molar-refractivity contribution in [2.45, 2.75) is 26.3 Å². The van der Waals surface area contributed by atoms with Crippen molar-refractivity contribution in [3.63, 3.8) is 0 Å². The molecule has 0 bridgehead atoms. The quantitative estimate of drug-likeness (QED) is 0.589. The molecule has 2 heterocycles. The first kappa shape index (κ1) is 17.7.